The highest BCUT2D eigenvalue weighted by molar-refractivity contribution is 5.69. The standard InChI is InChI=1S/C56H110O3/c1-2-3-4-5-6-7-8-9-10-29-32-35-38-41-44-47-50-53-56(58)59-55-52-49-46-43-40-37-34-31-28-26-24-22-20-18-16-14-12-11-13-15-17-19-21-23-25-27-30-33-36-39-42-45-48-51-54-57/h9-10,57H,2-8,11-55H2,1H3. The van der Waals surface area contributed by atoms with E-state index in [0.29, 0.717) is 19.6 Å². The van der Waals surface area contributed by atoms with Gasteiger partial charge in [-0.1, -0.05) is 289 Å². The first-order chi connectivity index (χ1) is 29.3. The normalized spacial score (nSPS) is 11.7. The van der Waals surface area contributed by atoms with Gasteiger partial charge in [0.25, 0.3) is 0 Å². The van der Waals surface area contributed by atoms with E-state index >= 15 is 0 Å². The van der Waals surface area contributed by atoms with Gasteiger partial charge in [0.1, 0.15) is 0 Å². The number of esters is 1. The van der Waals surface area contributed by atoms with Gasteiger partial charge in [-0.05, 0) is 44.9 Å². The molecule has 1 N–H and O–H groups in total. The van der Waals surface area contributed by atoms with Crippen LogP contribution in [-0.4, -0.2) is 24.3 Å². The predicted octanol–water partition coefficient (Wildman–Crippen LogP) is 19.6. The number of aliphatic hydroxyl groups excluding tert-OH is 1. The van der Waals surface area contributed by atoms with Crippen molar-refractivity contribution in [3.8, 4) is 0 Å². The van der Waals surface area contributed by atoms with Crippen LogP contribution < -0.4 is 0 Å². The summed E-state index contributed by atoms with van der Waals surface area (Å²) in [4.78, 5) is 12.1. The van der Waals surface area contributed by atoms with Crippen LogP contribution in [-0.2, 0) is 9.53 Å². The lowest BCUT2D eigenvalue weighted by molar-refractivity contribution is -0.143. The van der Waals surface area contributed by atoms with Gasteiger partial charge in [0, 0.05) is 13.0 Å². The summed E-state index contributed by atoms with van der Waals surface area (Å²) in [7, 11) is 0. The molecule has 0 aromatic carbocycles. The Morgan fingerprint density at radius 2 is 0.559 bits per heavy atom. The van der Waals surface area contributed by atoms with Gasteiger partial charge >= 0.3 is 5.97 Å². The second-order valence-electron chi connectivity index (χ2n) is 19.0. The number of ether oxygens (including phenoxy) is 1. The van der Waals surface area contributed by atoms with Crippen molar-refractivity contribution in [2.24, 2.45) is 0 Å². The lowest BCUT2D eigenvalue weighted by atomic mass is 10.0. The SMILES string of the molecule is CCCCCCCCC=CCCCCCCCCCC(=O)OCCCCCCCCCCCCCCCCCCCCCCCCCCCCCCCCCCCCO. The Balaban J connectivity index is 3.15. The van der Waals surface area contributed by atoms with E-state index in [9.17, 15) is 4.79 Å². The molecule has 0 fully saturated rings. The van der Waals surface area contributed by atoms with Crippen molar-refractivity contribution in [2.75, 3.05) is 13.2 Å². The van der Waals surface area contributed by atoms with Crippen LogP contribution in [0, 0.1) is 0 Å². The summed E-state index contributed by atoms with van der Waals surface area (Å²) >= 11 is 0. The molecule has 0 atom stereocenters. The van der Waals surface area contributed by atoms with Gasteiger partial charge in [-0.15, -0.1) is 0 Å². The van der Waals surface area contributed by atoms with E-state index in [-0.39, 0.29) is 5.97 Å². The molecule has 352 valence electrons. The maximum atomic E-state index is 12.1. The molecule has 0 amide bonds. The van der Waals surface area contributed by atoms with Gasteiger partial charge in [0.2, 0.25) is 0 Å². The molecule has 0 saturated carbocycles. The maximum absolute atomic E-state index is 12.1. The van der Waals surface area contributed by atoms with Crippen molar-refractivity contribution < 1.29 is 14.6 Å². The van der Waals surface area contributed by atoms with E-state index in [4.69, 9.17) is 9.84 Å². The van der Waals surface area contributed by atoms with E-state index in [1.54, 1.807) is 0 Å². The van der Waals surface area contributed by atoms with Crippen molar-refractivity contribution in [2.45, 2.75) is 328 Å². The van der Waals surface area contributed by atoms with Crippen LogP contribution in [0.25, 0.3) is 0 Å². The van der Waals surface area contributed by atoms with Gasteiger partial charge in [0.15, 0.2) is 0 Å². The van der Waals surface area contributed by atoms with Crippen molar-refractivity contribution in [1.82, 2.24) is 0 Å². The molecular weight excluding hydrogens is 721 g/mol. The zero-order chi connectivity index (χ0) is 42.5. The van der Waals surface area contributed by atoms with E-state index in [1.165, 1.54) is 295 Å². The summed E-state index contributed by atoms with van der Waals surface area (Å²) in [5.74, 6) is 0.0242. The Labute approximate surface area is 372 Å². The number of aliphatic hydroxyl groups is 1. The van der Waals surface area contributed by atoms with Gasteiger partial charge in [0.05, 0.1) is 6.61 Å². The van der Waals surface area contributed by atoms with Crippen LogP contribution in [0.3, 0.4) is 0 Å². The summed E-state index contributed by atoms with van der Waals surface area (Å²) in [6, 6.07) is 0. The van der Waals surface area contributed by atoms with E-state index < -0.39 is 0 Å². The number of hydrogen-bond acceptors (Lipinski definition) is 3. The van der Waals surface area contributed by atoms with Gasteiger partial charge < -0.3 is 9.84 Å². The van der Waals surface area contributed by atoms with Gasteiger partial charge in [-0.2, -0.15) is 0 Å². The molecule has 3 nitrogen and oxygen atoms in total. The van der Waals surface area contributed by atoms with Gasteiger partial charge in [-0.3, -0.25) is 4.79 Å². The Morgan fingerprint density at radius 1 is 0.322 bits per heavy atom. The molecule has 0 saturated heterocycles. The second-order valence-corrected chi connectivity index (χ2v) is 19.0. The zero-order valence-electron chi connectivity index (χ0n) is 40.7. The molecule has 0 aromatic heterocycles. The highest BCUT2D eigenvalue weighted by atomic mass is 16.5. The lowest BCUT2D eigenvalue weighted by Crippen LogP contribution is -2.05. The van der Waals surface area contributed by atoms with Crippen molar-refractivity contribution >= 4 is 5.97 Å². The maximum Gasteiger partial charge on any atom is 0.305 e. The van der Waals surface area contributed by atoms with Gasteiger partial charge in [-0.25, -0.2) is 0 Å². The zero-order valence-corrected chi connectivity index (χ0v) is 40.7. The molecule has 0 radical (unpaired) electrons. The minimum atomic E-state index is 0.0242. The summed E-state index contributed by atoms with van der Waals surface area (Å²) in [5, 5.41) is 8.82. The number of allylic oxidation sites excluding steroid dienone is 2. The topological polar surface area (TPSA) is 46.5 Å². The predicted molar refractivity (Wildman–Crippen MR) is 264 cm³/mol. The largest absolute Gasteiger partial charge is 0.466 e. The molecular formula is C56H110O3. The first-order valence-corrected chi connectivity index (χ1v) is 27.7. The van der Waals surface area contributed by atoms with Crippen LogP contribution >= 0.6 is 0 Å². The molecule has 0 bridgehead atoms. The average Bonchev–Trinajstić information content (AvgIpc) is 3.24. The van der Waals surface area contributed by atoms with Crippen LogP contribution in [0.4, 0.5) is 0 Å². The minimum Gasteiger partial charge on any atom is -0.466 e. The number of carbonyl (C=O) groups excluding carboxylic acids is 1. The van der Waals surface area contributed by atoms with Crippen molar-refractivity contribution in [3.05, 3.63) is 12.2 Å². The monoisotopic (exact) mass is 831 g/mol. The molecule has 0 rings (SSSR count). The molecule has 0 aliphatic carbocycles. The highest BCUT2D eigenvalue weighted by Crippen LogP contribution is 2.18. The first kappa shape index (κ1) is 58.2. The summed E-state index contributed by atoms with van der Waals surface area (Å²) in [6.45, 7) is 3.28. The summed E-state index contributed by atoms with van der Waals surface area (Å²) in [6.07, 6.45) is 72.5. The Kier molecular flexibility index (Phi) is 54.4. The van der Waals surface area contributed by atoms with E-state index in [2.05, 4.69) is 19.1 Å². The molecule has 0 aliphatic heterocycles. The quantitative estimate of drug-likeness (QED) is 0.0377. The summed E-state index contributed by atoms with van der Waals surface area (Å²) < 4.78 is 5.49. The molecule has 3 heteroatoms. The lowest BCUT2D eigenvalue weighted by Gasteiger charge is -2.06. The van der Waals surface area contributed by atoms with Crippen LogP contribution in [0.2, 0.25) is 0 Å². The third kappa shape index (κ3) is 55.2. The number of hydrogen-bond donors (Lipinski definition) is 1. The third-order valence-corrected chi connectivity index (χ3v) is 13.0. The first-order valence-electron chi connectivity index (χ1n) is 27.7. The molecule has 59 heavy (non-hydrogen) atoms. The Hall–Kier alpha value is -0.830. The molecule has 0 heterocycles. The Bertz CT molecular complexity index is 777. The van der Waals surface area contributed by atoms with Crippen molar-refractivity contribution in [3.63, 3.8) is 0 Å². The van der Waals surface area contributed by atoms with Crippen LogP contribution in [0.15, 0.2) is 12.2 Å². The smallest absolute Gasteiger partial charge is 0.305 e. The fourth-order valence-corrected chi connectivity index (χ4v) is 8.82. The molecule has 0 spiro atoms. The molecule has 0 aliphatic rings. The van der Waals surface area contributed by atoms with Crippen LogP contribution in [0.5, 0.6) is 0 Å². The number of unbranched alkanes of at least 4 members (excludes halogenated alkanes) is 46. The molecule has 0 aromatic rings. The van der Waals surface area contributed by atoms with Crippen molar-refractivity contribution in [1.29, 1.82) is 0 Å². The van der Waals surface area contributed by atoms with E-state index in [1.807, 2.05) is 0 Å². The van der Waals surface area contributed by atoms with E-state index in [0.717, 1.165) is 19.3 Å². The highest BCUT2D eigenvalue weighted by Gasteiger charge is 2.03. The minimum absolute atomic E-state index is 0.0242. The second kappa shape index (κ2) is 55.2. The fourth-order valence-electron chi connectivity index (χ4n) is 8.82. The molecule has 0 unspecified atom stereocenters. The summed E-state index contributed by atoms with van der Waals surface area (Å²) in [5.41, 5.74) is 0. The average molecular weight is 831 g/mol. The number of carbonyl (C=O) groups is 1. The fraction of sp³-hybridized carbons (Fsp3) is 0.946. The van der Waals surface area contributed by atoms with Crippen LogP contribution in [0.1, 0.15) is 328 Å². The Morgan fingerprint density at radius 3 is 0.847 bits per heavy atom. The third-order valence-electron chi connectivity index (χ3n) is 13.0. The number of rotatable bonds is 53.